The van der Waals surface area contributed by atoms with Crippen LogP contribution < -0.4 is 0 Å². The predicted molar refractivity (Wildman–Crippen MR) is 120 cm³/mol. The van der Waals surface area contributed by atoms with Crippen molar-refractivity contribution < 1.29 is 40.5 Å². The third-order valence-corrected chi connectivity index (χ3v) is 5.16. The van der Waals surface area contributed by atoms with Crippen LogP contribution >= 0.6 is 0 Å². The number of carboxylic acid groups (broad SMARTS) is 1. The van der Waals surface area contributed by atoms with Crippen LogP contribution in [0.1, 0.15) is 104 Å². The second kappa shape index (κ2) is 22.4. The molecule has 3 unspecified atom stereocenters. The summed E-state index contributed by atoms with van der Waals surface area (Å²) in [7, 11) is 0. The van der Waals surface area contributed by atoms with Crippen LogP contribution in [-0.2, 0) is 4.79 Å². The van der Waals surface area contributed by atoms with Gasteiger partial charge < -0.3 is 35.7 Å². The topological polar surface area (TPSA) is 159 Å². The Labute approximate surface area is 187 Å². The molecule has 0 amide bonds. The van der Waals surface area contributed by atoms with Crippen molar-refractivity contribution in [2.45, 2.75) is 128 Å². The van der Waals surface area contributed by atoms with Gasteiger partial charge in [0.1, 0.15) is 18.3 Å². The molecule has 0 radical (unpaired) electrons. The third kappa shape index (κ3) is 23.7. The number of carboxylic acids is 1. The highest BCUT2D eigenvalue weighted by Gasteiger charge is 2.28. The number of rotatable bonds is 19. The van der Waals surface area contributed by atoms with Gasteiger partial charge in [0, 0.05) is 6.42 Å². The molecule has 0 rings (SSSR count). The molecule has 0 spiro atoms. The number of aliphatic hydroxyl groups is 6. The first-order valence-electron chi connectivity index (χ1n) is 11.9. The van der Waals surface area contributed by atoms with Gasteiger partial charge in [-0.05, 0) is 12.3 Å². The van der Waals surface area contributed by atoms with Crippen molar-refractivity contribution in [2.75, 3.05) is 6.61 Å². The molecule has 7 N–H and O–H groups in total. The van der Waals surface area contributed by atoms with Gasteiger partial charge in [0.25, 0.3) is 0 Å². The van der Waals surface area contributed by atoms with Crippen LogP contribution in [-0.4, -0.2) is 72.9 Å². The van der Waals surface area contributed by atoms with Gasteiger partial charge in [-0.25, -0.2) is 0 Å². The van der Waals surface area contributed by atoms with Crippen LogP contribution in [0.4, 0.5) is 0 Å². The van der Waals surface area contributed by atoms with Gasteiger partial charge in [-0.1, -0.05) is 90.9 Å². The number of hydrogen-bond acceptors (Lipinski definition) is 7. The van der Waals surface area contributed by atoms with E-state index in [1.54, 1.807) is 0 Å². The summed E-state index contributed by atoms with van der Waals surface area (Å²) in [5, 5.41) is 59.5. The zero-order valence-corrected chi connectivity index (χ0v) is 19.5. The molecule has 0 fully saturated rings. The smallest absolute Gasteiger partial charge is 0.303 e. The minimum absolute atomic E-state index is 0.344. The Balaban J connectivity index is 0. The van der Waals surface area contributed by atoms with E-state index >= 15 is 0 Å². The minimum Gasteiger partial charge on any atom is -0.481 e. The van der Waals surface area contributed by atoms with E-state index in [0.717, 1.165) is 18.8 Å². The van der Waals surface area contributed by atoms with Gasteiger partial charge in [-0.15, -0.1) is 0 Å². The normalized spacial score (nSPS) is 14.3. The Kier molecular flexibility index (Phi) is 23.4. The van der Waals surface area contributed by atoms with E-state index in [1.165, 1.54) is 70.6 Å². The summed E-state index contributed by atoms with van der Waals surface area (Å²) >= 11 is 0. The van der Waals surface area contributed by atoms with Crippen LogP contribution in [0, 0.1) is 5.92 Å². The Bertz CT molecular complexity index is 390. The molecule has 3 atom stereocenters. The van der Waals surface area contributed by atoms with E-state index in [1.807, 2.05) is 0 Å². The zero-order chi connectivity index (χ0) is 24.1. The molecule has 0 saturated carbocycles. The summed E-state index contributed by atoms with van der Waals surface area (Å²) in [6, 6.07) is 0. The predicted octanol–water partition coefficient (Wildman–Crippen LogP) is 2.56. The fourth-order valence-corrected chi connectivity index (χ4v) is 3.11. The SMILES string of the molecule is CC(C)CCCCCCCCCCCCCCC(=O)O.OCC(O)C(O)C(O)C(O)O. The first-order valence-corrected chi connectivity index (χ1v) is 11.9. The Morgan fingerprint density at radius 3 is 1.35 bits per heavy atom. The molecule has 188 valence electrons. The number of unbranched alkanes of at least 4 members (excludes halogenated alkanes) is 11. The molecule has 0 saturated heterocycles. The van der Waals surface area contributed by atoms with E-state index in [0.29, 0.717) is 6.42 Å². The lowest BCUT2D eigenvalue weighted by Crippen LogP contribution is -2.45. The number of aliphatic hydroxyl groups excluding tert-OH is 5. The Morgan fingerprint density at radius 1 is 0.645 bits per heavy atom. The van der Waals surface area contributed by atoms with Crippen molar-refractivity contribution in [3.05, 3.63) is 0 Å². The average molecular weight is 453 g/mol. The monoisotopic (exact) mass is 452 g/mol. The fourth-order valence-electron chi connectivity index (χ4n) is 3.11. The Hall–Kier alpha value is -0.770. The molecule has 0 aliphatic rings. The molecule has 0 aromatic rings. The lowest BCUT2D eigenvalue weighted by molar-refractivity contribution is -0.180. The quantitative estimate of drug-likeness (QED) is 0.116. The largest absolute Gasteiger partial charge is 0.481 e. The maximum absolute atomic E-state index is 10.3. The van der Waals surface area contributed by atoms with Crippen molar-refractivity contribution in [1.29, 1.82) is 0 Å². The van der Waals surface area contributed by atoms with E-state index in [9.17, 15) is 4.79 Å². The second-order valence-corrected chi connectivity index (χ2v) is 8.71. The molecule has 0 aromatic carbocycles. The van der Waals surface area contributed by atoms with Gasteiger partial charge in [0.15, 0.2) is 6.29 Å². The fraction of sp³-hybridized carbons (Fsp3) is 0.957. The number of aliphatic carboxylic acids is 1. The van der Waals surface area contributed by atoms with Crippen LogP contribution in [0.3, 0.4) is 0 Å². The molecule has 31 heavy (non-hydrogen) atoms. The number of hydrogen-bond donors (Lipinski definition) is 7. The Morgan fingerprint density at radius 2 is 1.03 bits per heavy atom. The van der Waals surface area contributed by atoms with E-state index in [2.05, 4.69) is 13.8 Å². The summed E-state index contributed by atoms with van der Waals surface area (Å²) in [4.78, 5) is 10.3. The van der Waals surface area contributed by atoms with Crippen molar-refractivity contribution in [2.24, 2.45) is 5.92 Å². The van der Waals surface area contributed by atoms with Gasteiger partial charge in [0.05, 0.1) is 6.61 Å². The van der Waals surface area contributed by atoms with E-state index in [4.69, 9.17) is 35.7 Å². The van der Waals surface area contributed by atoms with Crippen molar-refractivity contribution in [3.63, 3.8) is 0 Å². The van der Waals surface area contributed by atoms with Crippen LogP contribution in [0.2, 0.25) is 0 Å². The molecule has 0 bridgehead atoms. The summed E-state index contributed by atoms with van der Waals surface area (Å²) in [5.74, 6) is 0.212. The van der Waals surface area contributed by atoms with E-state index < -0.39 is 37.2 Å². The van der Waals surface area contributed by atoms with Crippen LogP contribution in [0.25, 0.3) is 0 Å². The van der Waals surface area contributed by atoms with Gasteiger partial charge in [-0.2, -0.15) is 0 Å². The molecule has 0 heterocycles. The van der Waals surface area contributed by atoms with Gasteiger partial charge in [-0.3, -0.25) is 4.79 Å². The lowest BCUT2D eigenvalue weighted by atomic mass is 10.0. The summed E-state index contributed by atoms with van der Waals surface area (Å²) in [5.41, 5.74) is 0. The first kappa shape index (κ1) is 32.4. The van der Waals surface area contributed by atoms with E-state index in [-0.39, 0.29) is 0 Å². The molecule has 8 heteroatoms. The summed E-state index contributed by atoms with van der Waals surface area (Å²) in [6.07, 6.45) is 9.97. The second-order valence-electron chi connectivity index (χ2n) is 8.71. The van der Waals surface area contributed by atoms with Crippen molar-refractivity contribution in [3.8, 4) is 0 Å². The first-order chi connectivity index (χ1) is 14.6. The molecular formula is C23H48O8. The van der Waals surface area contributed by atoms with Gasteiger partial charge >= 0.3 is 5.97 Å². The molecule has 0 aromatic heterocycles. The highest BCUT2D eigenvalue weighted by atomic mass is 16.5. The summed E-state index contributed by atoms with van der Waals surface area (Å²) in [6.45, 7) is 3.86. The van der Waals surface area contributed by atoms with Gasteiger partial charge in [0.2, 0.25) is 0 Å². The standard InChI is InChI=1S/C18H36O2.C5H12O6/c1-17(2)15-13-11-9-7-5-3-4-6-8-10-12-14-16-18(19)20;6-1-2(7)3(8)4(9)5(10)11/h17H,3-16H2,1-2H3,(H,19,20);2-11H,1H2. The zero-order valence-electron chi connectivity index (χ0n) is 19.5. The molecule has 0 aliphatic heterocycles. The maximum atomic E-state index is 10.3. The van der Waals surface area contributed by atoms with Crippen LogP contribution in [0.5, 0.6) is 0 Å². The average Bonchev–Trinajstić information content (AvgIpc) is 2.72. The highest BCUT2D eigenvalue weighted by molar-refractivity contribution is 5.66. The van der Waals surface area contributed by atoms with Crippen molar-refractivity contribution >= 4 is 5.97 Å². The molecule has 8 nitrogen and oxygen atoms in total. The third-order valence-electron chi connectivity index (χ3n) is 5.16. The summed E-state index contributed by atoms with van der Waals surface area (Å²) < 4.78 is 0. The molecular weight excluding hydrogens is 404 g/mol. The maximum Gasteiger partial charge on any atom is 0.303 e. The highest BCUT2D eigenvalue weighted by Crippen LogP contribution is 2.14. The molecule has 0 aliphatic carbocycles. The van der Waals surface area contributed by atoms with Crippen LogP contribution in [0.15, 0.2) is 0 Å². The van der Waals surface area contributed by atoms with Crippen molar-refractivity contribution in [1.82, 2.24) is 0 Å². The minimum atomic E-state index is -2.13. The number of carbonyl (C=O) groups is 1. The lowest BCUT2D eigenvalue weighted by Gasteiger charge is -2.22.